The molecule has 3 aromatic rings. The number of hydrogen-bond acceptors (Lipinski definition) is 10. The molecule has 0 bridgehead atoms. The molecule has 1 aliphatic carbocycles. The fourth-order valence-electron chi connectivity index (χ4n) is 2.90. The lowest BCUT2D eigenvalue weighted by Gasteiger charge is -2.09. The minimum absolute atomic E-state index is 0.164. The minimum atomic E-state index is 0.164. The Morgan fingerprint density at radius 2 is 2.18 bits per heavy atom. The van der Waals surface area contributed by atoms with E-state index in [1.54, 1.807) is 19.4 Å². The molecule has 0 aliphatic heterocycles. The fourth-order valence-corrected chi connectivity index (χ4v) is 3.55. The van der Waals surface area contributed by atoms with Crippen LogP contribution in [0.1, 0.15) is 28.0 Å². The van der Waals surface area contributed by atoms with Gasteiger partial charge >= 0.3 is 0 Å². The van der Waals surface area contributed by atoms with Gasteiger partial charge in [-0.05, 0) is 25.5 Å². The van der Waals surface area contributed by atoms with Gasteiger partial charge in [-0.15, -0.1) is 10.2 Å². The number of nitrogen functional groups attached to an aromatic ring is 1. The first-order valence-electron chi connectivity index (χ1n) is 8.91. The van der Waals surface area contributed by atoms with E-state index in [-0.39, 0.29) is 5.95 Å². The molecule has 9 nitrogen and oxygen atoms in total. The van der Waals surface area contributed by atoms with Crippen LogP contribution in [0.25, 0.3) is 0 Å². The zero-order chi connectivity index (χ0) is 19.5. The first kappa shape index (κ1) is 18.4. The van der Waals surface area contributed by atoms with E-state index in [0.717, 1.165) is 27.9 Å². The molecule has 1 saturated carbocycles. The molecular formula is C18H21N7O2S. The van der Waals surface area contributed by atoms with Crippen molar-refractivity contribution in [1.82, 2.24) is 25.1 Å². The highest BCUT2D eigenvalue weighted by Gasteiger charge is 2.40. The lowest BCUT2D eigenvalue weighted by atomic mass is 10.2. The Morgan fingerprint density at radius 1 is 1.29 bits per heavy atom. The molecule has 0 amide bonds. The average molecular weight is 399 g/mol. The number of hydrogen-bond donors (Lipinski definition) is 2. The second-order valence-electron chi connectivity index (χ2n) is 6.55. The quantitative estimate of drug-likeness (QED) is 0.588. The number of nitrogens with one attached hydrogen (secondary N) is 1. The topological polar surface area (TPSA) is 121 Å². The molecule has 0 saturated heterocycles. The molecule has 3 heterocycles. The third kappa shape index (κ3) is 4.45. The highest BCUT2D eigenvalue weighted by molar-refractivity contribution is 7.11. The number of anilines is 2. The maximum Gasteiger partial charge on any atom is 0.225 e. The normalized spacial score (nSPS) is 17.9. The van der Waals surface area contributed by atoms with E-state index in [9.17, 15) is 0 Å². The Balaban J connectivity index is 1.31. The van der Waals surface area contributed by atoms with Gasteiger partial charge in [-0.1, -0.05) is 11.3 Å². The summed E-state index contributed by atoms with van der Waals surface area (Å²) < 4.78 is 11.0. The number of pyridine rings is 1. The molecule has 10 heteroatoms. The maximum absolute atomic E-state index is 5.86. The molecule has 4 rings (SSSR count). The molecule has 1 fully saturated rings. The van der Waals surface area contributed by atoms with Crippen molar-refractivity contribution in [3.05, 3.63) is 40.1 Å². The molecule has 2 atom stereocenters. The molecule has 0 aromatic carbocycles. The van der Waals surface area contributed by atoms with E-state index in [1.807, 2.05) is 19.1 Å². The van der Waals surface area contributed by atoms with Crippen molar-refractivity contribution in [3.8, 4) is 11.6 Å². The van der Waals surface area contributed by atoms with Crippen LogP contribution in [0.2, 0.25) is 0 Å². The molecule has 3 N–H and O–H groups in total. The molecule has 0 unspecified atom stereocenters. The van der Waals surface area contributed by atoms with Gasteiger partial charge in [0, 0.05) is 23.6 Å². The molecule has 28 heavy (non-hydrogen) atoms. The van der Waals surface area contributed by atoms with E-state index < -0.39 is 0 Å². The third-order valence-electron chi connectivity index (χ3n) is 4.45. The van der Waals surface area contributed by atoms with Gasteiger partial charge in [0.05, 0.1) is 26.5 Å². The Morgan fingerprint density at radius 3 is 2.89 bits per heavy atom. The Labute approximate surface area is 166 Å². The van der Waals surface area contributed by atoms with E-state index in [1.165, 1.54) is 11.3 Å². The van der Waals surface area contributed by atoms with Gasteiger partial charge in [-0.2, -0.15) is 9.97 Å². The first-order chi connectivity index (χ1) is 13.6. The summed E-state index contributed by atoms with van der Waals surface area (Å²) in [6.45, 7) is 3.00. The SMILES string of the molecule is COc1ccc([C@H]2C[C@@H]2COc2cc(NCc3nnc(C)s3)nc(N)n2)nc1. The van der Waals surface area contributed by atoms with E-state index >= 15 is 0 Å². The fraction of sp³-hybridized carbons (Fsp3) is 0.389. The van der Waals surface area contributed by atoms with Crippen LogP contribution in [0.3, 0.4) is 0 Å². The zero-order valence-corrected chi connectivity index (χ0v) is 16.4. The molecular weight excluding hydrogens is 378 g/mol. The van der Waals surface area contributed by atoms with Crippen LogP contribution < -0.4 is 20.5 Å². The van der Waals surface area contributed by atoms with Crippen molar-refractivity contribution < 1.29 is 9.47 Å². The predicted octanol–water partition coefficient (Wildman–Crippen LogP) is 2.42. The molecule has 3 aromatic heterocycles. The summed E-state index contributed by atoms with van der Waals surface area (Å²) in [6, 6.07) is 5.68. The van der Waals surface area contributed by atoms with Gasteiger partial charge in [0.2, 0.25) is 11.8 Å². The van der Waals surface area contributed by atoms with Crippen molar-refractivity contribution in [2.24, 2.45) is 5.92 Å². The monoisotopic (exact) mass is 399 g/mol. The molecule has 1 aliphatic rings. The second kappa shape index (κ2) is 7.93. The molecule has 146 valence electrons. The van der Waals surface area contributed by atoms with Crippen molar-refractivity contribution in [3.63, 3.8) is 0 Å². The number of nitrogens with zero attached hydrogens (tertiary/aromatic N) is 5. The van der Waals surface area contributed by atoms with Crippen LogP contribution in [-0.2, 0) is 6.54 Å². The number of aromatic nitrogens is 5. The van der Waals surface area contributed by atoms with Crippen molar-refractivity contribution in [1.29, 1.82) is 0 Å². The number of methoxy groups -OCH3 is 1. The second-order valence-corrected chi connectivity index (χ2v) is 7.82. The zero-order valence-electron chi connectivity index (χ0n) is 15.6. The highest BCUT2D eigenvalue weighted by atomic mass is 32.1. The van der Waals surface area contributed by atoms with Gasteiger partial charge in [-0.25, -0.2) is 0 Å². The Kier molecular flexibility index (Phi) is 5.20. The van der Waals surface area contributed by atoms with Gasteiger partial charge in [-0.3, -0.25) is 4.98 Å². The Hall–Kier alpha value is -3.01. The minimum Gasteiger partial charge on any atom is -0.495 e. The predicted molar refractivity (Wildman–Crippen MR) is 106 cm³/mol. The summed E-state index contributed by atoms with van der Waals surface area (Å²) in [6.07, 6.45) is 2.79. The van der Waals surface area contributed by atoms with E-state index in [4.69, 9.17) is 15.2 Å². The van der Waals surface area contributed by atoms with Gasteiger partial charge in [0.25, 0.3) is 0 Å². The summed E-state index contributed by atoms with van der Waals surface area (Å²) in [5.41, 5.74) is 6.87. The van der Waals surface area contributed by atoms with Gasteiger partial charge in [0.1, 0.15) is 21.6 Å². The van der Waals surface area contributed by atoms with Gasteiger partial charge < -0.3 is 20.5 Å². The van der Waals surface area contributed by atoms with Crippen molar-refractivity contribution >= 4 is 23.1 Å². The lowest BCUT2D eigenvalue weighted by Crippen LogP contribution is -2.08. The molecule has 0 radical (unpaired) electrons. The standard InChI is InChI=1S/C18H21N7O2S/c1-10-24-25-17(28-10)8-21-15-6-16(23-18(19)22-15)27-9-11-5-13(11)14-4-3-12(26-2)7-20-14/h3-4,6-7,11,13H,5,8-9H2,1-2H3,(H3,19,21,22,23)/t11-,13+/m1/s1. The van der Waals surface area contributed by atoms with Gasteiger partial charge in [0.15, 0.2) is 0 Å². The number of rotatable bonds is 8. The third-order valence-corrected chi connectivity index (χ3v) is 5.29. The molecule has 0 spiro atoms. The maximum atomic E-state index is 5.86. The van der Waals surface area contributed by atoms with Crippen LogP contribution in [0.5, 0.6) is 11.6 Å². The summed E-state index contributed by atoms with van der Waals surface area (Å²) >= 11 is 1.53. The summed E-state index contributed by atoms with van der Waals surface area (Å²) in [4.78, 5) is 12.8. The highest BCUT2D eigenvalue weighted by Crippen LogP contribution is 2.46. The van der Waals surface area contributed by atoms with Crippen LogP contribution >= 0.6 is 11.3 Å². The van der Waals surface area contributed by atoms with Crippen LogP contribution in [0.15, 0.2) is 24.4 Å². The average Bonchev–Trinajstić information content (AvgIpc) is 3.36. The van der Waals surface area contributed by atoms with E-state index in [0.29, 0.717) is 36.7 Å². The van der Waals surface area contributed by atoms with E-state index in [2.05, 4.69) is 30.5 Å². The number of aryl methyl sites for hydroxylation is 1. The summed E-state index contributed by atoms with van der Waals surface area (Å²) in [5, 5.41) is 13.1. The smallest absolute Gasteiger partial charge is 0.225 e. The van der Waals surface area contributed by atoms with Crippen molar-refractivity contribution in [2.45, 2.75) is 25.8 Å². The summed E-state index contributed by atoms with van der Waals surface area (Å²) in [5.74, 6) is 2.80. The van der Waals surface area contributed by atoms with Crippen LogP contribution in [0.4, 0.5) is 11.8 Å². The lowest BCUT2D eigenvalue weighted by molar-refractivity contribution is 0.285. The summed E-state index contributed by atoms with van der Waals surface area (Å²) in [7, 11) is 1.63. The number of nitrogens with two attached hydrogens (primary N) is 1. The van der Waals surface area contributed by atoms with Crippen molar-refractivity contribution in [2.75, 3.05) is 24.8 Å². The number of ether oxygens (including phenoxy) is 2. The van der Waals surface area contributed by atoms with Crippen LogP contribution in [0, 0.1) is 12.8 Å². The first-order valence-corrected chi connectivity index (χ1v) is 9.72. The Bertz CT molecular complexity index is 947. The van der Waals surface area contributed by atoms with Crippen LogP contribution in [-0.4, -0.2) is 38.9 Å². The largest absolute Gasteiger partial charge is 0.495 e.